The molecule has 1 saturated carbocycles. The van der Waals surface area contributed by atoms with Crippen LogP contribution in [-0.2, 0) is 0 Å². The number of ether oxygens (including phenoxy) is 1. The van der Waals surface area contributed by atoms with Gasteiger partial charge in [-0.2, -0.15) is 0 Å². The summed E-state index contributed by atoms with van der Waals surface area (Å²) in [4.78, 5) is 12.0. The van der Waals surface area contributed by atoms with E-state index < -0.39 is 5.91 Å². The topological polar surface area (TPSA) is 84.6 Å². The van der Waals surface area contributed by atoms with Gasteiger partial charge in [0.15, 0.2) is 0 Å². The molecular formula is C25H25ClN2O3. The maximum absolute atomic E-state index is 12.0. The molecule has 0 unspecified atom stereocenters. The van der Waals surface area contributed by atoms with E-state index in [-0.39, 0.29) is 12.1 Å². The molecule has 1 aliphatic carbocycles. The average Bonchev–Trinajstić information content (AvgIpc) is 2.77. The molecule has 1 amide bonds. The number of nitrogens with two attached hydrogens (primary N) is 1. The van der Waals surface area contributed by atoms with Gasteiger partial charge >= 0.3 is 0 Å². The van der Waals surface area contributed by atoms with Gasteiger partial charge in [-0.3, -0.25) is 4.79 Å². The van der Waals surface area contributed by atoms with Crippen molar-refractivity contribution in [3.05, 3.63) is 77.3 Å². The molecule has 1 aliphatic rings. The molecule has 5 nitrogen and oxygen atoms in total. The quantitative estimate of drug-likeness (QED) is 0.468. The van der Waals surface area contributed by atoms with Crippen LogP contribution in [0.4, 0.5) is 5.69 Å². The Morgan fingerprint density at radius 2 is 1.65 bits per heavy atom. The Balaban J connectivity index is 1.67. The van der Waals surface area contributed by atoms with E-state index in [1.807, 2.05) is 54.6 Å². The van der Waals surface area contributed by atoms with E-state index in [1.54, 1.807) is 12.1 Å². The zero-order chi connectivity index (χ0) is 21.8. The van der Waals surface area contributed by atoms with Gasteiger partial charge in [-0.1, -0.05) is 48.0 Å². The number of carbonyl (C=O) groups is 1. The molecule has 0 spiro atoms. The Morgan fingerprint density at radius 1 is 0.968 bits per heavy atom. The second-order valence-corrected chi connectivity index (χ2v) is 8.21. The first-order valence-corrected chi connectivity index (χ1v) is 10.8. The minimum atomic E-state index is -0.481. The van der Waals surface area contributed by atoms with Crippen LogP contribution in [0.15, 0.2) is 66.7 Å². The number of amides is 1. The van der Waals surface area contributed by atoms with Gasteiger partial charge in [-0.15, -0.1) is 0 Å². The van der Waals surface area contributed by atoms with Crippen molar-refractivity contribution in [2.45, 2.75) is 37.8 Å². The van der Waals surface area contributed by atoms with Crippen LogP contribution in [0, 0.1) is 0 Å². The number of nitrogens with one attached hydrogen (secondary N) is 1. The molecular weight excluding hydrogens is 412 g/mol. The molecule has 3 aromatic carbocycles. The summed E-state index contributed by atoms with van der Waals surface area (Å²) in [5.74, 6) is 0.754. The summed E-state index contributed by atoms with van der Waals surface area (Å²) in [6.45, 7) is 0. The molecule has 4 rings (SSSR count). The minimum Gasteiger partial charge on any atom is -0.455 e. The Kier molecular flexibility index (Phi) is 6.44. The maximum atomic E-state index is 12.0. The zero-order valence-electron chi connectivity index (χ0n) is 17.1. The van der Waals surface area contributed by atoms with Gasteiger partial charge in [0.1, 0.15) is 11.5 Å². The fourth-order valence-electron chi connectivity index (χ4n) is 3.93. The first-order chi connectivity index (χ1) is 15.0. The summed E-state index contributed by atoms with van der Waals surface area (Å²) in [6, 6.07) is 20.7. The second kappa shape index (κ2) is 9.41. The lowest BCUT2D eigenvalue weighted by Gasteiger charge is -2.28. The summed E-state index contributed by atoms with van der Waals surface area (Å²) in [5.41, 5.74) is 8.53. The largest absolute Gasteiger partial charge is 0.455 e. The van der Waals surface area contributed by atoms with Crippen LogP contribution in [-0.4, -0.2) is 23.2 Å². The van der Waals surface area contributed by atoms with Gasteiger partial charge < -0.3 is 20.9 Å². The van der Waals surface area contributed by atoms with E-state index >= 15 is 0 Å². The van der Waals surface area contributed by atoms with Crippen LogP contribution < -0.4 is 15.8 Å². The van der Waals surface area contributed by atoms with Crippen LogP contribution in [0.25, 0.3) is 11.1 Å². The van der Waals surface area contributed by atoms with E-state index in [1.165, 1.54) is 0 Å². The predicted octanol–water partition coefficient (Wildman–Crippen LogP) is 5.61. The van der Waals surface area contributed by atoms with E-state index in [0.717, 1.165) is 36.8 Å². The molecule has 0 saturated heterocycles. The highest BCUT2D eigenvalue weighted by Crippen LogP contribution is 2.37. The number of hydrogen-bond acceptors (Lipinski definition) is 4. The fraction of sp³-hybridized carbons (Fsp3) is 0.240. The van der Waals surface area contributed by atoms with Crippen molar-refractivity contribution in [3.63, 3.8) is 0 Å². The number of carbonyl (C=O) groups excluding carboxylic acids is 1. The molecule has 6 heteroatoms. The molecule has 31 heavy (non-hydrogen) atoms. The smallest absolute Gasteiger partial charge is 0.250 e. The van der Waals surface area contributed by atoms with Crippen LogP contribution in [0.3, 0.4) is 0 Å². The third kappa shape index (κ3) is 5.01. The lowest BCUT2D eigenvalue weighted by Crippen LogP contribution is -2.29. The number of primary amides is 1. The van der Waals surface area contributed by atoms with Crippen LogP contribution in [0.1, 0.15) is 36.0 Å². The molecule has 0 bridgehead atoms. The summed E-state index contributed by atoms with van der Waals surface area (Å²) in [6.07, 6.45) is 2.94. The SMILES string of the molecule is NC(=O)c1ccc(-c2ccccc2Oc2ccccc2Cl)cc1NC1CCC(O)CC1. The molecule has 1 fully saturated rings. The second-order valence-electron chi connectivity index (χ2n) is 7.80. The molecule has 160 valence electrons. The molecule has 0 aliphatic heterocycles. The van der Waals surface area contributed by atoms with Crippen molar-refractivity contribution >= 4 is 23.2 Å². The Bertz CT molecular complexity index is 1080. The highest BCUT2D eigenvalue weighted by molar-refractivity contribution is 6.32. The standard InChI is InChI=1S/C25H25ClN2O3/c26-21-6-2-4-8-24(21)31-23-7-3-1-5-19(23)16-9-14-20(25(27)30)22(15-16)28-17-10-12-18(29)13-11-17/h1-9,14-15,17-18,28-29H,10-13H2,(H2,27,30). The van der Waals surface area contributed by atoms with Crippen LogP contribution >= 0.6 is 11.6 Å². The summed E-state index contributed by atoms with van der Waals surface area (Å²) >= 11 is 6.27. The van der Waals surface area contributed by atoms with Crippen molar-refractivity contribution < 1.29 is 14.6 Å². The summed E-state index contributed by atoms with van der Waals surface area (Å²) in [7, 11) is 0. The fourth-order valence-corrected chi connectivity index (χ4v) is 4.10. The monoisotopic (exact) mass is 436 g/mol. The van der Waals surface area contributed by atoms with Gasteiger partial charge in [-0.05, 0) is 61.6 Å². The number of anilines is 1. The zero-order valence-corrected chi connectivity index (χ0v) is 17.8. The van der Waals surface area contributed by atoms with Crippen molar-refractivity contribution in [1.29, 1.82) is 0 Å². The van der Waals surface area contributed by atoms with Gasteiger partial charge in [0, 0.05) is 17.3 Å². The summed E-state index contributed by atoms with van der Waals surface area (Å²) < 4.78 is 6.10. The van der Waals surface area contributed by atoms with E-state index in [2.05, 4.69) is 5.32 Å². The molecule has 0 heterocycles. The third-order valence-electron chi connectivity index (χ3n) is 5.60. The van der Waals surface area contributed by atoms with Crippen molar-refractivity contribution in [3.8, 4) is 22.6 Å². The predicted molar refractivity (Wildman–Crippen MR) is 124 cm³/mol. The molecule has 0 radical (unpaired) electrons. The number of halogens is 1. The molecule has 0 atom stereocenters. The van der Waals surface area contributed by atoms with E-state index in [0.29, 0.717) is 27.8 Å². The van der Waals surface area contributed by atoms with Gasteiger partial charge in [0.25, 0.3) is 5.91 Å². The van der Waals surface area contributed by atoms with E-state index in [4.69, 9.17) is 22.1 Å². The van der Waals surface area contributed by atoms with Crippen molar-refractivity contribution in [2.75, 3.05) is 5.32 Å². The average molecular weight is 437 g/mol. The van der Waals surface area contributed by atoms with Crippen molar-refractivity contribution in [1.82, 2.24) is 0 Å². The Labute approximate surface area is 186 Å². The van der Waals surface area contributed by atoms with Crippen LogP contribution in [0.2, 0.25) is 5.02 Å². The Morgan fingerprint density at radius 3 is 2.35 bits per heavy atom. The van der Waals surface area contributed by atoms with Gasteiger partial charge in [0.2, 0.25) is 0 Å². The number of rotatable bonds is 6. The normalized spacial score (nSPS) is 18.4. The highest BCUT2D eigenvalue weighted by atomic mass is 35.5. The van der Waals surface area contributed by atoms with Crippen LogP contribution in [0.5, 0.6) is 11.5 Å². The minimum absolute atomic E-state index is 0.186. The molecule has 0 aromatic heterocycles. The van der Waals surface area contributed by atoms with Crippen molar-refractivity contribution in [2.24, 2.45) is 5.73 Å². The number of aliphatic hydroxyl groups excluding tert-OH is 1. The number of para-hydroxylation sites is 2. The first kappa shape index (κ1) is 21.2. The third-order valence-corrected chi connectivity index (χ3v) is 5.91. The number of benzene rings is 3. The molecule has 3 aromatic rings. The number of hydrogen-bond donors (Lipinski definition) is 3. The van der Waals surface area contributed by atoms with Gasteiger partial charge in [-0.25, -0.2) is 0 Å². The summed E-state index contributed by atoms with van der Waals surface area (Å²) in [5, 5.41) is 13.8. The number of aliphatic hydroxyl groups is 1. The lowest BCUT2D eigenvalue weighted by atomic mass is 9.92. The maximum Gasteiger partial charge on any atom is 0.250 e. The van der Waals surface area contributed by atoms with E-state index in [9.17, 15) is 9.90 Å². The van der Waals surface area contributed by atoms with Gasteiger partial charge in [0.05, 0.1) is 16.7 Å². The highest BCUT2D eigenvalue weighted by Gasteiger charge is 2.21. The first-order valence-electron chi connectivity index (χ1n) is 10.4. The molecule has 4 N–H and O–H groups in total. The lowest BCUT2D eigenvalue weighted by molar-refractivity contribution is 0.100. The Hall–Kier alpha value is -3.02.